The predicted octanol–water partition coefficient (Wildman–Crippen LogP) is 1.42. The minimum absolute atomic E-state index is 0.0261. The van der Waals surface area contributed by atoms with Gasteiger partial charge in [0.1, 0.15) is 0 Å². The highest BCUT2D eigenvalue weighted by Crippen LogP contribution is 2.20. The van der Waals surface area contributed by atoms with Crippen LogP contribution >= 0.6 is 0 Å². The van der Waals surface area contributed by atoms with E-state index in [2.05, 4.69) is 5.10 Å². The van der Waals surface area contributed by atoms with Gasteiger partial charge in [-0.2, -0.15) is 5.10 Å². The molecular weight excluding hydrogens is 152 g/mol. The molecule has 1 aromatic rings. The number of hydrogen-bond donors (Lipinski definition) is 0. The van der Waals surface area contributed by atoms with E-state index in [1.807, 2.05) is 6.20 Å². The van der Waals surface area contributed by atoms with Gasteiger partial charge in [0.2, 0.25) is 5.91 Å². The normalized spacial score (nSPS) is 15.8. The molecule has 0 amide bonds. The van der Waals surface area contributed by atoms with Crippen LogP contribution in [0.4, 0.5) is 0 Å². The van der Waals surface area contributed by atoms with Crippen molar-refractivity contribution in [3.63, 3.8) is 0 Å². The van der Waals surface area contributed by atoms with Crippen LogP contribution in [0.15, 0.2) is 6.20 Å². The molecule has 1 aliphatic carbocycles. The van der Waals surface area contributed by atoms with Crippen LogP contribution in [0.2, 0.25) is 0 Å². The summed E-state index contributed by atoms with van der Waals surface area (Å²) in [6.45, 7) is 1.56. The standard InChI is InChI=1S/C9H12N2O/c1-7(12)11-9-5-3-2-4-8(9)6-10-11/h6H,2-5H2,1H3. The van der Waals surface area contributed by atoms with E-state index in [0.29, 0.717) is 0 Å². The van der Waals surface area contributed by atoms with Gasteiger partial charge in [0, 0.05) is 6.92 Å². The quantitative estimate of drug-likeness (QED) is 0.581. The van der Waals surface area contributed by atoms with Crippen molar-refractivity contribution in [2.45, 2.75) is 32.6 Å². The van der Waals surface area contributed by atoms with Crippen LogP contribution in [0.5, 0.6) is 0 Å². The Morgan fingerprint density at radius 1 is 1.50 bits per heavy atom. The Kier molecular flexibility index (Phi) is 1.71. The molecule has 1 heterocycles. The number of carbonyl (C=O) groups is 1. The summed E-state index contributed by atoms with van der Waals surface area (Å²) in [6, 6.07) is 0. The second-order valence-corrected chi connectivity index (χ2v) is 3.25. The topological polar surface area (TPSA) is 34.9 Å². The Morgan fingerprint density at radius 3 is 3.00 bits per heavy atom. The fourth-order valence-electron chi connectivity index (χ4n) is 1.76. The van der Waals surface area contributed by atoms with Crippen LogP contribution in [-0.4, -0.2) is 15.7 Å². The van der Waals surface area contributed by atoms with E-state index in [1.54, 1.807) is 6.92 Å². The SMILES string of the molecule is CC(=O)n1ncc2c1CCCC2. The van der Waals surface area contributed by atoms with E-state index in [9.17, 15) is 4.79 Å². The molecule has 0 saturated heterocycles. The lowest BCUT2D eigenvalue weighted by molar-refractivity contribution is 0.0917. The first-order chi connectivity index (χ1) is 5.79. The molecule has 0 saturated carbocycles. The van der Waals surface area contributed by atoms with Gasteiger partial charge in [0.05, 0.1) is 11.9 Å². The summed E-state index contributed by atoms with van der Waals surface area (Å²) in [5.41, 5.74) is 2.39. The highest BCUT2D eigenvalue weighted by atomic mass is 16.2. The molecule has 0 N–H and O–H groups in total. The van der Waals surface area contributed by atoms with E-state index in [0.717, 1.165) is 18.5 Å². The molecule has 1 aliphatic rings. The highest BCUT2D eigenvalue weighted by Gasteiger charge is 2.16. The fourth-order valence-corrected chi connectivity index (χ4v) is 1.76. The number of nitrogens with zero attached hydrogens (tertiary/aromatic N) is 2. The van der Waals surface area contributed by atoms with Crippen molar-refractivity contribution in [1.82, 2.24) is 9.78 Å². The maximum atomic E-state index is 11.1. The Bertz CT molecular complexity index is 314. The Hall–Kier alpha value is -1.12. The second-order valence-electron chi connectivity index (χ2n) is 3.25. The minimum atomic E-state index is 0.0261. The molecule has 0 aromatic carbocycles. The first kappa shape index (κ1) is 7.53. The van der Waals surface area contributed by atoms with Crippen molar-refractivity contribution in [3.05, 3.63) is 17.5 Å². The van der Waals surface area contributed by atoms with Gasteiger partial charge in [0.25, 0.3) is 0 Å². The summed E-state index contributed by atoms with van der Waals surface area (Å²) in [5, 5.41) is 4.06. The molecule has 64 valence electrons. The van der Waals surface area contributed by atoms with Gasteiger partial charge in [-0.15, -0.1) is 0 Å². The molecular formula is C9H12N2O. The average Bonchev–Trinajstić information content (AvgIpc) is 2.47. The van der Waals surface area contributed by atoms with Crippen LogP contribution in [0.3, 0.4) is 0 Å². The van der Waals surface area contributed by atoms with E-state index in [1.165, 1.54) is 23.1 Å². The third-order valence-corrected chi connectivity index (χ3v) is 2.36. The lowest BCUT2D eigenvalue weighted by atomic mass is 9.98. The zero-order valence-corrected chi connectivity index (χ0v) is 7.21. The van der Waals surface area contributed by atoms with Crippen molar-refractivity contribution in [3.8, 4) is 0 Å². The molecule has 1 aromatic heterocycles. The molecule has 3 nitrogen and oxygen atoms in total. The summed E-state index contributed by atoms with van der Waals surface area (Å²) in [5.74, 6) is 0.0261. The average molecular weight is 164 g/mol. The zero-order chi connectivity index (χ0) is 8.55. The molecule has 0 aliphatic heterocycles. The van der Waals surface area contributed by atoms with E-state index < -0.39 is 0 Å². The van der Waals surface area contributed by atoms with Gasteiger partial charge in [-0.05, 0) is 31.2 Å². The number of aryl methyl sites for hydroxylation is 1. The predicted molar refractivity (Wildman–Crippen MR) is 45.2 cm³/mol. The largest absolute Gasteiger partial charge is 0.273 e. The van der Waals surface area contributed by atoms with Crippen LogP contribution < -0.4 is 0 Å². The van der Waals surface area contributed by atoms with Gasteiger partial charge < -0.3 is 0 Å². The summed E-state index contributed by atoms with van der Waals surface area (Å²) in [6.07, 6.45) is 6.34. The zero-order valence-electron chi connectivity index (χ0n) is 7.21. The van der Waals surface area contributed by atoms with Gasteiger partial charge in [0.15, 0.2) is 0 Å². The number of aromatic nitrogens is 2. The van der Waals surface area contributed by atoms with Crippen LogP contribution in [0.25, 0.3) is 0 Å². The molecule has 2 rings (SSSR count). The molecule has 0 unspecified atom stereocenters. The molecule has 0 bridgehead atoms. The summed E-state index contributed by atoms with van der Waals surface area (Å²) >= 11 is 0. The van der Waals surface area contributed by atoms with Crippen LogP contribution in [-0.2, 0) is 12.8 Å². The molecule has 0 fully saturated rings. The smallest absolute Gasteiger partial charge is 0.243 e. The maximum Gasteiger partial charge on any atom is 0.243 e. The first-order valence-corrected chi connectivity index (χ1v) is 4.36. The lowest BCUT2D eigenvalue weighted by Crippen LogP contribution is -2.14. The number of carbonyl (C=O) groups excluding carboxylic acids is 1. The Morgan fingerprint density at radius 2 is 2.25 bits per heavy atom. The minimum Gasteiger partial charge on any atom is -0.273 e. The van der Waals surface area contributed by atoms with Gasteiger partial charge in [-0.3, -0.25) is 4.79 Å². The summed E-state index contributed by atoms with van der Waals surface area (Å²) < 4.78 is 1.54. The van der Waals surface area contributed by atoms with Crippen molar-refractivity contribution in [2.75, 3.05) is 0 Å². The molecule has 0 radical (unpaired) electrons. The Balaban J connectivity index is 2.44. The summed E-state index contributed by atoms with van der Waals surface area (Å²) in [4.78, 5) is 11.1. The van der Waals surface area contributed by atoms with Gasteiger partial charge in [-0.25, -0.2) is 4.68 Å². The second kappa shape index (κ2) is 2.73. The number of fused-ring (bicyclic) bond motifs is 1. The van der Waals surface area contributed by atoms with Crippen molar-refractivity contribution in [1.29, 1.82) is 0 Å². The van der Waals surface area contributed by atoms with Gasteiger partial charge in [-0.1, -0.05) is 0 Å². The van der Waals surface area contributed by atoms with Gasteiger partial charge >= 0.3 is 0 Å². The molecule has 3 heteroatoms. The van der Waals surface area contributed by atoms with Crippen molar-refractivity contribution in [2.24, 2.45) is 0 Å². The fraction of sp³-hybridized carbons (Fsp3) is 0.556. The van der Waals surface area contributed by atoms with Crippen molar-refractivity contribution >= 4 is 5.91 Å². The number of rotatable bonds is 0. The number of hydrogen-bond acceptors (Lipinski definition) is 2. The first-order valence-electron chi connectivity index (χ1n) is 4.36. The molecule has 0 spiro atoms. The highest BCUT2D eigenvalue weighted by molar-refractivity contribution is 5.76. The molecule has 0 atom stereocenters. The third-order valence-electron chi connectivity index (χ3n) is 2.36. The third kappa shape index (κ3) is 1.05. The van der Waals surface area contributed by atoms with E-state index in [4.69, 9.17) is 0 Å². The monoisotopic (exact) mass is 164 g/mol. The lowest BCUT2D eigenvalue weighted by Gasteiger charge is -2.11. The van der Waals surface area contributed by atoms with Crippen LogP contribution in [0, 0.1) is 0 Å². The Labute approximate surface area is 71.4 Å². The summed E-state index contributed by atoms with van der Waals surface area (Å²) in [7, 11) is 0. The maximum absolute atomic E-state index is 11.1. The van der Waals surface area contributed by atoms with E-state index in [-0.39, 0.29) is 5.91 Å². The van der Waals surface area contributed by atoms with Crippen molar-refractivity contribution < 1.29 is 4.79 Å². The van der Waals surface area contributed by atoms with E-state index >= 15 is 0 Å². The molecule has 12 heavy (non-hydrogen) atoms. The van der Waals surface area contributed by atoms with Crippen LogP contribution in [0.1, 0.15) is 35.8 Å².